The van der Waals surface area contributed by atoms with Gasteiger partial charge in [0.25, 0.3) is 11.8 Å². The molecule has 0 aliphatic rings. The van der Waals surface area contributed by atoms with Crippen LogP contribution in [0.15, 0.2) is 121 Å². The number of rotatable bonds is 9. The van der Waals surface area contributed by atoms with Crippen molar-refractivity contribution in [1.29, 1.82) is 0 Å². The van der Waals surface area contributed by atoms with Gasteiger partial charge in [-0.1, -0.05) is 97.1 Å². The lowest BCUT2D eigenvalue weighted by Gasteiger charge is -2.21. The molecule has 5 heteroatoms. The third-order valence-electron chi connectivity index (χ3n) is 5.59. The van der Waals surface area contributed by atoms with Gasteiger partial charge in [-0.3, -0.25) is 9.59 Å². The second-order valence-corrected chi connectivity index (χ2v) is 8.08. The number of hydrogen-bond acceptors (Lipinski definition) is 3. The molecule has 0 atom stereocenters. The summed E-state index contributed by atoms with van der Waals surface area (Å²) in [5, 5.41) is 5.93. The van der Waals surface area contributed by atoms with E-state index in [9.17, 15) is 9.59 Å². The first-order valence-electron chi connectivity index (χ1n) is 11.9. The maximum atomic E-state index is 13.7. The van der Waals surface area contributed by atoms with Crippen molar-refractivity contribution in [1.82, 2.24) is 10.6 Å². The van der Waals surface area contributed by atoms with Crippen molar-refractivity contribution in [2.45, 2.75) is 13.0 Å². The van der Waals surface area contributed by atoms with Gasteiger partial charge in [-0.2, -0.15) is 0 Å². The molecule has 180 valence electrons. The van der Waals surface area contributed by atoms with Crippen LogP contribution in [0.5, 0.6) is 5.75 Å². The molecule has 2 amide bonds. The molecular formula is C31H28N2O3. The summed E-state index contributed by atoms with van der Waals surface area (Å²) in [6, 6.07) is 35.3. The predicted octanol–water partition coefficient (Wildman–Crippen LogP) is 5.76. The van der Waals surface area contributed by atoms with Gasteiger partial charge < -0.3 is 15.4 Å². The van der Waals surface area contributed by atoms with Crippen molar-refractivity contribution in [3.05, 3.63) is 143 Å². The lowest BCUT2D eigenvalue weighted by Crippen LogP contribution is -2.37. The van der Waals surface area contributed by atoms with Crippen LogP contribution in [0.2, 0.25) is 0 Å². The number of carbonyl (C=O) groups is 2. The first kappa shape index (κ1) is 24.5. The number of ether oxygens (including phenoxy) is 1. The van der Waals surface area contributed by atoms with E-state index in [2.05, 4.69) is 10.6 Å². The summed E-state index contributed by atoms with van der Waals surface area (Å²) < 4.78 is 5.74. The van der Waals surface area contributed by atoms with Gasteiger partial charge in [0.15, 0.2) is 0 Å². The van der Waals surface area contributed by atoms with Gasteiger partial charge in [-0.05, 0) is 42.3 Å². The molecule has 0 unspecified atom stereocenters. The van der Waals surface area contributed by atoms with Crippen molar-refractivity contribution in [3.8, 4) is 5.75 Å². The van der Waals surface area contributed by atoms with Crippen molar-refractivity contribution in [2.75, 3.05) is 6.61 Å². The smallest absolute Gasteiger partial charge is 0.268 e. The lowest BCUT2D eigenvalue weighted by atomic mass is 9.98. The fourth-order valence-corrected chi connectivity index (χ4v) is 3.84. The van der Waals surface area contributed by atoms with E-state index in [0.717, 1.165) is 11.1 Å². The number of benzene rings is 4. The van der Waals surface area contributed by atoms with Gasteiger partial charge >= 0.3 is 0 Å². The molecule has 0 heterocycles. The molecule has 0 radical (unpaired) electrons. The highest BCUT2D eigenvalue weighted by molar-refractivity contribution is 6.05. The molecule has 36 heavy (non-hydrogen) atoms. The van der Waals surface area contributed by atoms with Crippen LogP contribution in [-0.4, -0.2) is 18.4 Å². The topological polar surface area (TPSA) is 67.4 Å². The van der Waals surface area contributed by atoms with Crippen LogP contribution in [0, 0.1) is 0 Å². The molecule has 4 aromatic rings. The zero-order valence-corrected chi connectivity index (χ0v) is 20.1. The summed E-state index contributed by atoms with van der Waals surface area (Å²) >= 11 is 0. The van der Waals surface area contributed by atoms with Gasteiger partial charge in [0.05, 0.1) is 12.6 Å². The zero-order chi connectivity index (χ0) is 25.2. The van der Waals surface area contributed by atoms with Crippen LogP contribution >= 0.6 is 0 Å². The average Bonchev–Trinajstić information content (AvgIpc) is 2.93. The predicted molar refractivity (Wildman–Crippen MR) is 142 cm³/mol. The van der Waals surface area contributed by atoms with E-state index >= 15 is 0 Å². The van der Waals surface area contributed by atoms with E-state index in [4.69, 9.17) is 4.74 Å². The third kappa shape index (κ3) is 6.27. The van der Waals surface area contributed by atoms with Crippen molar-refractivity contribution < 1.29 is 14.3 Å². The Kier molecular flexibility index (Phi) is 8.28. The SMILES string of the molecule is CCOc1ccccc1/C=C(\NC(=O)c1ccccc1)C(=O)NC(c1ccccc1)c1ccccc1. The highest BCUT2D eigenvalue weighted by Crippen LogP contribution is 2.24. The maximum absolute atomic E-state index is 13.7. The van der Waals surface area contributed by atoms with E-state index in [1.54, 1.807) is 30.3 Å². The molecule has 5 nitrogen and oxygen atoms in total. The standard InChI is InChI=1S/C31H28N2O3/c1-2-36-28-21-13-12-20-26(28)22-27(32-30(34)25-18-10-5-11-19-25)31(35)33-29(23-14-6-3-7-15-23)24-16-8-4-9-17-24/h3-22,29H,2H2,1H3,(H,32,34)(H,33,35)/b27-22-. The minimum Gasteiger partial charge on any atom is -0.493 e. The second-order valence-electron chi connectivity index (χ2n) is 8.08. The second kappa shape index (κ2) is 12.2. The first-order valence-corrected chi connectivity index (χ1v) is 11.9. The monoisotopic (exact) mass is 476 g/mol. The molecule has 4 rings (SSSR count). The van der Waals surface area contributed by atoms with Gasteiger partial charge in [0.1, 0.15) is 11.4 Å². The highest BCUT2D eigenvalue weighted by Gasteiger charge is 2.21. The Hall–Kier alpha value is -4.64. The molecule has 0 aromatic heterocycles. The summed E-state index contributed by atoms with van der Waals surface area (Å²) in [7, 11) is 0. The quantitative estimate of drug-likeness (QED) is 0.302. The Morgan fingerprint density at radius 2 is 1.28 bits per heavy atom. The lowest BCUT2D eigenvalue weighted by molar-refractivity contribution is -0.118. The minimum absolute atomic E-state index is 0.118. The summed E-state index contributed by atoms with van der Waals surface area (Å²) in [4.78, 5) is 26.7. The third-order valence-corrected chi connectivity index (χ3v) is 5.59. The molecule has 4 aromatic carbocycles. The minimum atomic E-state index is -0.414. The Bertz CT molecular complexity index is 1280. The Morgan fingerprint density at radius 3 is 1.86 bits per heavy atom. The van der Waals surface area contributed by atoms with E-state index < -0.39 is 11.9 Å². The fourth-order valence-electron chi connectivity index (χ4n) is 3.84. The largest absolute Gasteiger partial charge is 0.493 e. The van der Waals surface area contributed by atoms with Crippen molar-refractivity contribution >= 4 is 17.9 Å². The summed E-state index contributed by atoms with van der Waals surface area (Å²) in [6.45, 7) is 2.38. The molecular weight excluding hydrogens is 448 g/mol. The highest BCUT2D eigenvalue weighted by atomic mass is 16.5. The molecule has 0 saturated carbocycles. The number of para-hydroxylation sites is 1. The van der Waals surface area contributed by atoms with E-state index in [0.29, 0.717) is 23.5 Å². The zero-order valence-electron chi connectivity index (χ0n) is 20.1. The van der Waals surface area contributed by atoms with E-state index in [1.807, 2.05) is 97.9 Å². The first-order chi connectivity index (χ1) is 17.7. The molecule has 0 bridgehead atoms. The molecule has 0 saturated heterocycles. The van der Waals surface area contributed by atoms with Gasteiger partial charge in [0.2, 0.25) is 0 Å². The van der Waals surface area contributed by atoms with E-state index in [-0.39, 0.29) is 11.6 Å². The van der Waals surface area contributed by atoms with Crippen molar-refractivity contribution in [2.24, 2.45) is 0 Å². The molecule has 2 N–H and O–H groups in total. The number of amides is 2. The fraction of sp³-hybridized carbons (Fsp3) is 0.0968. The van der Waals surface area contributed by atoms with E-state index in [1.165, 1.54) is 0 Å². The molecule has 0 spiro atoms. The van der Waals surface area contributed by atoms with Crippen LogP contribution in [-0.2, 0) is 4.79 Å². The Balaban J connectivity index is 1.71. The maximum Gasteiger partial charge on any atom is 0.268 e. The Morgan fingerprint density at radius 1 is 0.750 bits per heavy atom. The summed E-state index contributed by atoms with van der Waals surface area (Å²) in [6.07, 6.45) is 1.65. The van der Waals surface area contributed by atoms with Crippen LogP contribution in [0.1, 0.15) is 40.0 Å². The van der Waals surface area contributed by atoms with Crippen LogP contribution < -0.4 is 15.4 Å². The van der Waals surface area contributed by atoms with Gasteiger partial charge in [-0.15, -0.1) is 0 Å². The number of carbonyl (C=O) groups excluding carboxylic acids is 2. The average molecular weight is 477 g/mol. The van der Waals surface area contributed by atoms with Crippen LogP contribution in [0.25, 0.3) is 6.08 Å². The normalized spacial score (nSPS) is 11.1. The molecule has 0 fully saturated rings. The van der Waals surface area contributed by atoms with Crippen LogP contribution in [0.4, 0.5) is 0 Å². The Labute approximate surface area is 211 Å². The van der Waals surface area contributed by atoms with Gasteiger partial charge in [-0.25, -0.2) is 0 Å². The van der Waals surface area contributed by atoms with Crippen molar-refractivity contribution in [3.63, 3.8) is 0 Å². The molecule has 0 aliphatic carbocycles. The molecule has 0 aliphatic heterocycles. The number of hydrogen-bond donors (Lipinski definition) is 2. The summed E-state index contributed by atoms with van der Waals surface area (Å²) in [5.41, 5.74) is 3.12. The number of nitrogens with one attached hydrogen (secondary N) is 2. The summed E-state index contributed by atoms with van der Waals surface area (Å²) in [5.74, 6) is -0.160. The van der Waals surface area contributed by atoms with Gasteiger partial charge in [0, 0.05) is 11.1 Å². The van der Waals surface area contributed by atoms with Crippen LogP contribution in [0.3, 0.4) is 0 Å².